The lowest BCUT2D eigenvalue weighted by Crippen LogP contribution is -2.40. The van der Waals surface area contributed by atoms with E-state index >= 15 is 0 Å². The number of anilines is 1. The zero-order valence-corrected chi connectivity index (χ0v) is 20.6. The number of hydrogen-bond acceptors (Lipinski definition) is 6. The average molecular weight is 478 g/mol. The average Bonchev–Trinajstić information content (AvgIpc) is 3.26. The number of benzene rings is 1. The third-order valence-electron chi connectivity index (χ3n) is 6.97. The van der Waals surface area contributed by atoms with E-state index in [9.17, 15) is 9.90 Å². The smallest absolute Gasteiger partial charge is 0.331 e. The first-order chi connectivity index (χ1) is 17.0. The highest BCUT2D eigenvalue weighted by Crippen LogP contribution is 2.46. The van der Waals surface area contributed by atoms with E-state index in [0.29, 0.717) is 13.2 Å². The number of fused-ring (bicyclic) bond motifs is 3. The van der Waals surface area contributed by atoms with E-state index in [1.54, 1.807) is 0 Å². The Balaban J connectivity index is 1.20. The highest BCUT2D eigenvalue weighted by molar-refractivity contribution is 5.78. The number of aryl methyl sites for hydroxylation is 2. The highest BCUT2D eigenvalue weighted by atomic mass is 16.5. The summed E-state index contributed by atoms with van der Waals surface area (Å²) in [6.07, 6.45) is 6.79. The molecule has 7 heteroatoms. The summed E-state index contributed by atoms with van der Waals surface area (Å²) in [5.41, 5.74) is 5.07. The summed E-state index contributed by atoms with van der Waals surface area (Å²) in [5, 5.41) is 13.5. The largest absolute Gasteiger partial charge is 0.479 e. The summed E-state index contributed by atoms with van der Waals surface area (Å²) < 4.78 is 12.5. The standard InChI is InChI=1S/C28H35N3O4/c1-18(2)35-26-23-11-4-3-10-22(23)25(28(32)33)31-17-21(16-24(26)31)34-15-6-5-9-20-13-12-19-8-7-14-29-27(19)30-20/h3-4,10-13,16,18,21,25-26H,5-9,14-15,17H2,1-2H3,(H,29,30)(H,32,33)/t21-,25+,26+/m1/s1. The number of ether oxygens (including phenoxy) is 2. The number of carboxylic acid groups (broad SMARTS) is 1. The molecule has 1 aromatic carbocycles. The molecule has 0 spiro atoms. The molecule has 0 aliphatic carbocycles. The Morgan fingerprint density at radius 2 is 2.03 bits per heavy atom. The van der Waals surface area contributed by atoms with Crippen LogP contribution in [0.25, 0.3) is 0 Å². The van der Waals surface area contributed by atoms with Crippen LogP contribution in [-0.4, -0.2) is 52.9 Å². The molecule has 3 aliphatic heterocycles. The van der Waals surface area contributed by atoms with Crippen molar-refractivity contribution in [2.45, 2.75) is 70.3 Å². The Morgan fingerprint density at radius 3 is 2.83 bits per heavy atom. The minimum Gasteiger partial charge on any atom is -0.479 e. The molecule has 3 atom stereocenters. The molecule has 0 saturated heterocycles. The van der Waals surface area contributed by atoms with Crippen LogP contribution >= 0.6 is 0 Å². The molecule has 5 rings (SSSR count). The van der Waals surface area contributed by atoms with Crippen molar-refractivity contribution in [3.63, 3.8) is 0 Å². The number of carbonyl (C=O) groups is 1. The van der Waals surface area contributed by atoms with E-state index in [0.717, 1.165) is 60.6 Å². The van der Waals surface area contributed by atoms with Crippen LogP contribution < -0.4 is 5.32 Å². The van der Waals surface area contributed by atoms with Crippen LogP contribution in [0.1, 0.15) is 67.6 Å². The summed E-state index contributed by atoms with van der Waals surface area (Å²) in [6, 6.07) is 11.4. The van der Waals surface area contributed by atoms with Crippen LogP contribution in [0.15, 0.2) is 48.2 Å². The van der Waals surface area contributed by atoms with Gasteiger partial charge in [-0.25, -0.2) is 9.78 Å². The number of nitrogens with zero attached hydrogens (tertiary/aromatic N) is 2. The number of unbranched alkanes of at least 4 members (excludes halogenated alkanes) is 1. The molecule has 186 valence electrons. The Hall–Kier alpha value is -2.90. The van der Waals surface area contributed by atoms with Crippen molar-refractivity contribution in [3.8, 4) is 0 Å². The fourth-order valence-electron chi connectivity index (χ4n) is 5.39. The van der Waals surface area contributed by atoms with Gasteiger partial charge in [-0.1, -0.05) is 30.3 Å². The molecular formula is C28H35N3O4. The lowest BCUT2D eigenvalue weighted by atomic mass is 9.89. The summed E-state index contributed by atoms with van der Waals surface area (Å²) in [5.74, 6) is 0.199. The lowest BCUT2D eigenvalue weighted by Gasteiger charge is -2.40. The molecule has 0 fully saturated rings. The number of aliphatic carboxylic acids is 1. The van der Waals surface area contributed by atoms with Crippen molar-refractivity contribution in [1.29, 1.82) is 0 Å². The first-order valence-corrected chi connectivity index (χ1v) is 12.8. The molecule has 0 amide bonds. The molecule has 7 nitrogen and oxygen atoms in total. The molecule has 0 saturated carbocycles. The van der Waals surface area contributed by atoms with Crippen molar-refractivity contribution < 1.29 is 19.4 Å². The first-order valence-electron chi connectivity index (χ1n) is 12.8. The maximum Gasteiger partial charge on any atom is 0.331 e. The Labute approximate surface area is 207 Å². The molecular weight excluding hydrogens is 442 g/mol. The topological polar surface area (TPSA) is 83.9 Å². The van der Waals surface area contributed by atoms with Gasteiger partial charge in [0, 0.05) is 31.1 Å². The quantitative estimate of drug-likeness (QED) is 0.509. The maximum atomic E-state index is 12.3. The highest BCUT2D eigenvalue weighted by Gasteiger charge is 2.44. The second-order valence-electron chi connectivity index (χ2n) is 9.89. The van der Waals surface area contributed by atoms with E-state index in [2.05, 4.69) is 23.5 Å². The number of aromatic nitrogens is 1. The molecule has 0 radical (unpaired) electrons. The van der Waals surface area contributed by atoms with E-state index in [1.165, 1.54) is 12.0 Å². The van der Waals surface area contributed by atoms with Gasteiger partial charge in [-0.15, -0.1) is 0 Å². The van der Waals surface area contributed by atoms with Gasteiger partial charge in [-0.3, -0.25) is 0 Å². The van der Waals surface area contributed by atoms with E-state index in [4.69, 9.17) is 14.5 Å². The predicted molar refractivity (Wildman–Crippen MR) is 134 cm³/mol. The van der Waals surface area contributed by atoms with Crippen LogP contribution in [0.5, 0.6) is 0 Å². The summed E-state index contributed by atoms with van der Waals surface area (Å²) >= 11 is 0. The fraction of sp³-hybridized carbons (Fsp3) is 0.500. The maximum absolute atomic E-state index is 12.3. The third-order valence-corrected chi connectivity index (χ3v) is 6.97. The summed E-state index contributed by atoms with van der Waals surface area (Å²) in [6.45, 7) is 6.17. The van der Waals surface area contributed by atoms with Gasteiger partial charge in [0.25, 0.3) is 0 Å². The minimum atomic E-state index is -0.848. The van der Waals surface area contributed by atoms with Crippen LogP contribution in [-0.2, 0) is 27.1 Å². The summed E-state index contributed by atoms with van der Waals surface area (Å²) in [4.78, 5) is 19.0. The first kappa shape index (κ1) is 23.8. The lowest BCUT2D eigenvalue weighted by molar-refractivity contribution is -0.144. The van der Waals surface area contributed by atoms with E-state index in [1.807, 2.05) is 43.0 Å². The van der Waals surface area contributed by atoms with E-state index in [-0.39, 0.29) is 18.3 Å². The predicted octanol–water partition coefficient (Wildman–Crippen LogP) is 4.65. The van der Waals surface area contributed by atoms with Crippen LogP contribution in [0.2, 0.25) is 0 Å². The molecule has 1 aromatic heterocycles. The van der Waals surface area contributed by atoms with Gasteiger partial charge in [0.05, 0.1) is 12.2 Å². The molecule has 0 unspecified atom stereocenters. The Bertz CT molecular complexity index is 1100. The van der Waals surface area contributed by atoms with Crippen molar-refractivity contribution in [1.82, 2.24) is 9.88 Å². The number of pyridine rings is 1. The van der Waals surface area contributed by atoms with E-state index < -0.39 is 12.0 Å². The van der Waals surface area contributed by atoms with Gasteiger partial charge in [0.15, 0.2) is 6.04 Å². The second-order valence-corrected chi connectivity index (χ2v) is 9.89. The fourth-order valence-corrected chi connectivity index (χ4v) is 5.39. The number of hydrogen-bond donors (Lipinski definition) is 2. The Kier molecular flexibility index (Phi) is 7.07. The van der Waals surface area contributed by atoms with Crippen molar-refractivity contribution in [2.24, 2.45) is 0 Å². The number of carboxylic acids is 1. The second kappa shape index (κ2) is 10.4. The van der Waals surface area contributed by atoms with Gasteiger partial charge in [-0.05, 0) is 74.8 Å². The minimum absolute atomic E-state index is 0.0181. The molecule has 3 aliphatic rings. The molecule has 4 heterocycles. The van der Waals surface area contributed by atoms with Crippen molar-refractivity contribution in [2.75, 3.05) is 25.0 Å². The van der Waals surface area contributed by atoms with Gasteiger partial charge >= 0.3 is 5.97 Å². The zero-order valence-electron chi connectivity index (χ0n) is 20.6. The van der Waals surface area contributed by atoms with Gasteiger partial charge in [0.1, 0.15) is 11.9 Å². The monoisotopic (exact) mass is 477 g/mol. The summed E-state index contributed by atoms with van der Waals surface area (Å²) in [7, 11) is 0. The van der Waals surface area contributed by atoms with Gasteiger partial charge in [-0.2, -0.15) is 0 Å². The SMILES string of the molecule is CC(C)O[C@@H]1C2=C[C@@H](OCCCCc3ccc4c(n3)NCCC4)CN2[C@H](C(=O)O)c2ccccc21. The number of rotatable bonds is 9. The van der Waals surface area contributed by atoms with Crippen LogP contribution in [0, 0.1) is 0 Å². The van der Waals surface area contributed by atoms with Crippen LogP contribution in [0.3, 0.4) is 0 Å². The third kappa shape index (κ3) is 5.07. The zero-order chi connectivity index (χ0) is 24.4. The van der Waals surface area contributed by atoms with Crippen LogP contribution in [0.4, 0.5) is 5.82 Å². The molecule has 0 bridgehead atoms. The number of nitrogens with one attached hydrogen (secondary N) is 1. The Morgan fingerprint density at radius 1 is 1.20 bits per heavy atom. The van der Waals surface area contributed by atoms with Gasteiger partial charge < -0.3 is 24.8 Å². The molecule has 2 N–H and O–H groups in total. The van der Waals surface area contributed by atoms with Crippen molar-refractivity contribution >= 4 is 11.8 Å². The van der Waals surface area contributed by atoms with Gasteiger partial charge in [0.2, 0.25) is 0 Å². The van der Waals surface area contributed by atoms with Crippen molar-refractivity contribution in [3.05, 3.63) is 70.6 Å². The molecule has 35 heavy (non-hydrogen) atoms. The normalized spacial score (nSPS) is 22.8. The molecule has 2 aromatic rings.